The first-order chi connectivity index (χ1) is 8.63. The normalized spacial score (nSPS) is 10.4. The van der Waals surface area contributed by atoms with E-state index >= 15 is 0 Å². The lowest BCUT2D eigenvalue weighted by Gasteiger charge is -2.06. The summed E-state index contributed by atoms with van der Waals surface area (Å²) in [5.74, 6) is -0.420. The van der Waals surface area contributed by atoms with Crippen LogP contribution in [-0.4, -0.2) is 19.1 Å². The van der Waals surface area contributed by atoms with Gasteiger partial charge >= 0.3 is 5.97 Å². The van der Waals surface area contributed by atoms with Crippen LogP contribution in [-0.2, 0) is 16.1 Å². The number of esters is 1. The van der Waals surface area contributed by atoms with E-state index in [1.54, 1.807) is 19.1 Å². The molecule has 1 N–H and O–H groups in total. The Balaban J connectivity index is 2.20. The average molecular weight is 318 g/mol. The van der Waals surface area contributed by atoms with Crippen LogP contribution in [0, 0.1) is 5.82 Å². The van der Waals surface area contributed by atoms with Gasteiger partial charge in [0.2, 0.25) is 0 Å². The van der Waals surface area contributed by atoms with E-state index in [4.69, 9.17) is 4.74 Å². The maximum atomic E-state index is 13.4. The summed E-state index contributed by atoms with van der Waals surface area (Å²) in [7, 11) is 0. The minimum atomic E-state index is -0.234. The molecule has 1 aromatic rings. The standard InChI is InChI=1S/C13H17BrFNO2/c1-2-18-13(17)4-3-7-16-9-10-5-6-11(14)8-12(10)15/h5-6,8,16H,2-4,7,9H2,1H3. The molecule has 5 heteroatoms. The summed E-state index contributed by atoms with van der Waals surface area (Å²) in [6.45, 7) is 3.32. The molecule has 0 aliphatic carbocycles. The third-order valence-electron chi connectivity index (χ3n) is 2.37. The number of carbonyl (C=O) groups is 1. The molecular formula is C13H17BrFNO2. The molecule has 100 valence electrons. The Labute approximate surface area is 115 Å². The smallest absolute Gasteiger partial charge is 0.305 e. The van der Waals surface area contributed by atoms with Gasteiger partial charge in [-0.05, 0) is 32.0 Å². The highest BCUT2D eigenvalue weighted by molar-refractivity contribution is 9.10. The van der Waals surface area contributed by atoms with Crippen molar-refractivity contribution in [3.05, 3.63) is 34.1 Å². The van der Waals surface area contributed by atoms with Crippen molar-refractivity contribution in [1.82, 2.24) is 5.32 Å². The van der Waals surface area contributed by atoms with Gasteiger partial charge in [-0.25, -0.2) is 4.39 Å². The molecule has 0 aromatic heterocycles. The predicted molar refractivity (Wildman–Crippen MR) is 71.7 cm³/mol. The second-order valence-corrected chi connectivity index (χ2v) is 4.74. The number of ether oxygens (including phenoxy) is 1. The summed E-state index contributed by atoms with van der Waals surface area (Å²) in [6, 6.07) is 4.98. The van der Waals surface area contributed by atoms with Crippen LogP contribution in [0.25, 0.3) is 0 Å². The molecule has 18 heavy (non-hydrogen) atoms. The molecule has 0 radical (unpaired) electrons. The highest BCUT2D eigenvalue weighted by atomic mass is 79.9. The van der Waals surface area contributed by atoms with Crippen molar-refractivity contribution in [2.45, 2.75) is 26.3 Å². The first-order valence-corrected chi connectivity index (χ1v) is 6.73. The second-order valence-electron chi connectivity index (χ2n) is 3.82. The third kappa shape index (κ3) is 5.60. The molecule has 0 amide bonds. The predicted octanol–water partition coefficient (Wildman–Crippen LogP) is 3.02. The number of hydrogen-bond donors (Lipinski definition) is 1. The van der Waals surface area contributed by atoms with Crippen molar-refractivity contribution in [3.63, 3.8) is 0 Å². The molecule has 0 heterocycles. The van der Waals surface area contributed by atoms with Crippen molar-refractivity contribution >= 4 is 21.9 Å². The fourth-order valence-corrected chi connectivity index (χ4v) is 1.81. The van der Waals surface area contributed by atoms with E-state index in [2.05, 4.69) is 21.2 Å². The summed E-state index contributed by atoms with van der Waals surface area (Å²) in [6.07, 6.45) is 1.08. The van der Waals surface area contributed by atoms with Crippen molar-refractivity contribution < 1.29 is 13.9 Å². The molecule has 1 aromatic carbocycles. The van der Waals surface area contributed by atoms with Gasteiger partial charge in [0.05, 0.1) is 6.61 Å². The molecule has 0 unspecified atom stereocenters. The van der Waals surface area contributed by atoms with Gasteiger partial charge in [0.15, 0.2) is 0 Å². The maximum absolute atomic E-state index is 13.4. The summed E-state index contributed by atoms with van der Waals surface area (Å²) >= 11 is 3.21. The molecule has 1 rings (SSSR count). The van der Waals surface area contributed by atoms with E-state index in [0.29, 0.717) is 38.1 Å². The molecule has 0 bridgehead atoms. The monoisotopic (exact) mass is 317 g/mol. The van der Waals surface area contributed by atoms with E-state index in [1.807, 2.05) is 0 Å². The van der Waals surface area contributed by atoms with Crippen LogP contribution in [0.1, 0.15) is 25.3 Å². The Hall–Kier alpha value is -0.940. The van der Waals surface area contributed by atoms with Crippen LogP contribution >= 0.6 is 15.9 Å². The number of carbonyl (C=O) groups excluding carboxylic acids is 1. The van der Waals surface area contributed by atoms with E-state index in [0.717, 1.165) is 4.47 Å². The minimum Gasteiger partial charge on any atom is -0.466 e. The quantitative estimate of drug-likeness (QED) is 0.620. The number of benzene rings is 1. The Morgan fingerprint density at radius 1 is 1.50 bits per heavy atom. The number of rotatable bonds is 7. The fraction of sp³-hybridized carbons (Fsp3) is 0.462. The summed E-state index contributed by atoms with van der Waals surface area (Å²) < 4.78 is 19.0. The lowest BCUT2D eigenvalue weighted by molar-refractivity contribution is -0.143. The van der Waals surface area contributed by atoms with Crippen LogP contribution in [0.15, 0.2) is 22.7 Å². The van der Waals surface area contributed by atoms with Gasteiger partial charge in [-0.15, -0.1) is 0 Å². The van der Waals surface area contributed by atoms with E-state index < -0.39 is 0 Å². The SMILES string of the molecule is CCOC(=O)CCCNCc1ccc(Br)cc1F. The number of halogens is 2. The molecule has 0 saturated heterocycles. The maximum Gasteiger partial charge on any atom is 0.305 e. The average Bonchev–Trinajstić information content (AvgIpc) is 2.31. The summed E-state index contributed by atoms with van der Waals surface area (Å²) in [4.78, 5) is 11.1. The molecule has 0 aliphatic heterocycles. The topological polar surface area (TPSA) is 38.3 Å². The molecule has 0 spiro atoms. The highest BCUT2D eigenvalue weighted by Crippen LogP contribution is 2.14. The summed E-state index contributed by atoms with van der Waals surface area (Å²) in [5, 5.41) is 3.10. The van der Waals surface area contributed by atoms with Gasteiger partial charge in [0.25, 0.3) is 0 Å². The van der Waals surface area contributed by atoms with Gasteiger partial charge < -0.3 is 10.1 Å². The largest absolute Gasteiger partial charge is 0.466 e. The zero-order valence-electron chi connectivity index (χ0n) is 10.3. The van der Waals surface area contributed by atoms with Crippen molar-refractivity contribution in [1.29, 1.82) is 0 Å². The van der Waals surface area contributed by atoms with E-state index in [9.17, 15) is 9.18 Å². The van der Waals surface area contributed by atoms with Crippen LogP contribution < -0.4 is 5.32 Å². The molecule has 0 fully saturated rings. The fourth-order valence-electron chi connectivity index (χ4n) is 1.48. The minimum absolute atomic E-state index is 0.186. The molecule has 0 atom stereocenters. The Morgan fingerprint density at radius 2 is 2.28 bits per heavy atom. The van der Waals surface area contributed by atoms with E-state index in [-0.39, 0.29) is 11.8 Å². The van der Waals surface area contributed by atoms with Gasteiger partial charge in [-0.1, -0.05) is 22.0 Å². The van der Waals surface area contributed by atoms with Crippen molar-refractivity contribution in [3.8, 4) is 0 Å². The first kappa shape index (κ1) is 15.1. The Bertz CT molecular complexity index is 399. The van der Waals surface area contributed by atoms with Gasteiger partial charge in [-0.2, -0.15) is 0 Å². The van der Waals surface area contributed by atoms with E-state index in [1.165, 1.54) is 6.07 Å². The number of nitrogens with one attached hydrogen (secondary N) is 1. The Morgan fingerprint density at radius 3 is 2.94 bits per heavy atom. The van der Waals surface area contributed by atoms with Crippen LogP contribution in [0.4, 0.5) is 4.39 Å². The lowest BCUT2D eigenvalue weighted by Crippen LogP contribution is -2.17. The third-order valence-corrected chi connectivity index (χ3v) is 2.86. The van der Waals surface area contributed by atoms with Gasteiger partial charge in [0.1, 0.15) is 5.82 Å². The molecule has 0 saturated carbocycles. The number of hydrogen-bond acceptors (Lipinski definition) is 3. The first-order valence-electron chi connectivity index (χ1n) is 5.93. The lowest BCUT2D eigenvalue weighted by atomic mass is 10.2. The molecule has 0 aliphatic rings. The van der Waals surface area contributed by atoms with Crippen molar-refractivity contribution in [2.75, 3.05) is 13.2 Å². The molecular weight excluding hydrogens is 301 g/mol. The van der Waals surface area contributed by atoms with Crippen LogP contribution in [0.2, 0.25) is 0 Å². The van der Waals surface area contributed by atoms with Crippen LogP contribution in [0.5, 0.6) is 0 Å². The van der Waals surface area contributed by atoms with Gasteiger partial charge in [0, 0.05) is 23.0 Å². The summed E-state index contributed by atoms with van der Waals surface area (Å²) in [5.41, 5.74) is 0.620. The Kier molecular flexibility index (Phi) is 6.90. The molecule has 3 nitrogen and oxygen atoms in total. The van der Waals surface area contributed by atoms with Crippen LogP contribution in [0.3, 0.4) is 0 Å². The van der Waals surface area contributed by atoms with Gasteiger partial charge in [-0.3, -0.25) is 4.79 Å². The zero-order chi connectivity index (χ0) is 13.4. The van der Waals surface area contributed by atoms with Crippen molar-refractivity contribution in [2.24, 2.45) is 0 Å². The second kappa shape index (κ2) is 8.21. The zero-order valence-corrected chi connectivity index (χ0v) is 11.9. The highest BCUT2D eigenvalue weighted by Gasteiger charge is 2.03.